The second kappa shape index (κ2) is 4.79. The molecule has 1 atom stereocenters. The van der Waals surface area contributed by atoms with Gasteiger partial charge in [-0.25, -0.2) is 0 Å². The lowest BCUT2D eigenvalue weighted by Gasteiger charge is -2.31. The third-order valence-electron chi connectivity index (χ3n) is 2.85. The number of aromatic nitrogens is 2. The van der Waals surface area contributed by atoms with E-state index in [1.54, 1.807) is 6.20 Å². The van der Waals surface area contributed by atoms with Gasteiger partial charge in [0, 0.05) is 30.9 Å². The molecule has 0 spiro atoms. The van der Waals surface area contributed by atoms with Crippen molar-refractivity contribution in [2.75, 3.05) is 18.4 Å². The Morgan fingerprint density at radius 3 is 3.27 bits per heavy atom. The molecule has 0 aliphatic carbocycles. The molecule has 1 N–H and O–H groups in total. The SMILES string of the molecule is O=C(CBr)N1CCCC(c2ccn[nH]2)C1. The number of alkyl halides is 1. The average Bonchev–Trinajstić information content (AvgIpc) is 2.82. The lowest BCUT2D eigenvalue weighted by Crippen LogP contribution is -2.39. The van der Waals surface area contributed by atoms with Gasteiger partial charge in [0.05, 0.1) is 5.33 Å². The lowest BCUT2D eigenvalue weighted by molar-refractivity contribution is -0.129. The first-order valence-corrected chi connectivity index (χ1v) is 6.26. The molecule has 1 aliphatic heterocycles. The Bertz CT molecular complexity index is 325. The largest absolute Gasteiger partial charge is 0.341 e. The van der Waals surface area contributed by atoms with Crippen molar-refractivity contribution in [2.24, 2.45) is 0 Å². The quantitative estimate of drug-likeness (QED) is 0.830. The molecule has 0 saturated carbocycles. The van der Waals surface area contributed by atoms with Gasteiger partial charge >= 0.3 is 0 Å². The third-order valence-corrected chi connectivity index (χ3v) is 3.33. The summed E-state index contributed by atoms with van der Waals surface area (Å²) in [7, 11) is 0. The van der Waals surface area contributed by atoms with Crippen LogP contribution in [0.3, 0.4) is 0 Å². The lowest BCUT2D eigenvalue weighted by atomic mass is 9.95. The van der Waals surface area contributed by atoms with E-state index in [2.05, 4.69) is 26.1 Å². The van der Waals surface area contributed by atoms with Gasteiger partial charge in [-0.15, -0.1) is 0 Å². The van der Waals surface area contributed by atoms with E-state index in [1.165, 1.54) is 0 Å². The summed E-state index contributed by atoms with van der Waals surface area (Å²) in [6, 6.07) is 1.99. The number of halogens is 1. The smallest absolute Gasteiger partial charge is 0.233 e. The summed E-state index contributed by atoms with van der Waals surface area (Å²) in [5, 5.41) is 7.35. The van der Waals surface area contributed by atoms with Gasteiger partial charge in [-0.05, 0) is 18.9 Å². The third kappa shape index (κ3) is 2.40. The first kappa shape index (κ1) is 10.7. The van der Waals surface area contributed by atoms with E-state index in [1.807, 2.05) is 11.0 Å². The molecular formula is C10H14BrN3O. The second-order valence-corrected chi connectivity index (χ2v) is 4.39. The number of nitrogens with zero attached hydrogens (tertiary/aromatic N) is 2. The summed E-state index contributed by atoms with van der Waals surface area (Å²) in [6.07, 6.45) is 3.97. The Balaban J connectivity index is 2.01. The van der Waals surface area contributed by atoms with Gasteiger partial charge in [-0.2, -0.15) is 5.10 Å². The van der Waals surface area contributed by atoms with Gasteiger partial charge in [0.25, 0.3) is 0 Å². The van der Waals surface area contributed by atoms with Crippen LogP contribution < -0.4 is 0 Å². The molecule has 1 saturated heterocycles. The second-order valence-electron chi connectivity index (χ2n) is 3.82. The molecule has 5 heteroatoms. The number of hydrogen-bond donors (Lipinski definition) is 1. The topological polar surface area (TPSA) is 49.0 Å². The number of rotatable bonds is 2. The maximum Gasteiger partial charge on any atom is 0.233 e. The number of H-pyrrole nitrogens is 1. The summed E-state index contributed by atoms with van der Waals surface area (Å²) in [6.45, 7) is 1.70. The van der Waals surface area contributed by atoms with Gasteiger partial charge in [0.2, 0.25) is 5.91 Å². The Hall–Kier alpha value is -0.840. The monoisotopic (exact) mass is 271 g/mol. The van der Waals surface area contributed by atoms with Gasteiger partial charge < -0.3 is 4.90 Å². The molecule has 1 aliphatic rings. The van der Waals surface area contributed by atoms with Crippen LogP contribution in [0, 0.1) is 0 Å². The molecule has 0 bridgehead atoms. The molecular weight excluding hydrogens is 258 g/mol. The summed E-state index contributed by atoms with van der Waals surface area (Å²) in [5.41, 5.74) is 1.14. The predicted molar refractivity (Wildman–Crippen MR) is 60.9 cm³/mol. The number of piperidine rings is 1. The van der Waals surface area contributed by atoms with E-state index in [0.717, 1.165) is 31.6 Å². The van der Waals surface area contributed by atoms with Gasteiger partial charge in [0.1, 0.15) is 0 Å². The Kier molecular flexibility index (Phi) is 3.41. The molecule has 1 aromatic rings. The molecule has 2 heterocycles. The molecule has 1 unspecified atom stereocenters. The van der Waals surface area contributed by atoms with Crippen LogP contribution >= 0.6 is 15.9 Å². The molecule has 1 amide bonds. The fraction of sp³-hybridized carbons (Fsp3) is 0.600. The molecule has 4 nitrogen and oxygen atoms in total. The predicted octanol–water partition coefficient (Wildman–Crippen LogP) is 1.51. The van der Waals surface area contributed by atoms with Crippen molar-refractivity contribution in [3.05, 3.63) is 18.0 Å². The molecule has 1 aromatic heterocycles. The molecule has 1 fully saturated rings. The van der Waals surface area contributed by atoms with Crippen molar-refractivity contribution in [3.63, 3.8) is 0 Å². The van der Waals surface area contributed by atoms with Crippen LogP contribution in [0.1, 0.15) is 24.5 Å². The summed E-state index contributed by atoms with van der Waals surface area (Å²) in [4.78, 5) is 13.5. The van der Waals surface area contributed by atoms with Crippen LogP contribution in [0.2, 0.25) is 0 Å². The number of hydrogen-bond acceptors (Lipinski definition) is 2. The number of aromatic amines is 1. The molecule has 0 aromatic carbocycles. The zero-order valence-corrected chi connectivity index (χ0v) is 10.0. The van der Waals surface area contributed by atoms with Crippen LogP contribution in [0.5, 0.6) is 0 Å². The Morgan fingerprint density at radius 2 is 2.60 bits per heavy atom. The van der Waals surface area contributed by atoms with Gasteiger partial charge in [-0.3, -0.25) is 9.89 Å². The van der Waals surface area contributed by atoms with Crippen molar-refractivity contribution >= 4 is 21.8 Å². The Labute approximate surface area is 97.2 Å². The molecule has 15 heavy (non-hydrogen) atoms. The highest BCUT2D eigenvalue weighted by Gasteiger charge is 2.24. The van der Waals surface area contributed by atoms with Crippen molar-refractivity contribution in [2.45, 2.75) is 18.8 Å². The maximum absolute atomic E-state index is 11.5. The van der Waals surface area contributed by atoms with Gasteiger partial charge in [-0.1, -0.05) is 15.9 Å². The van der Waals surface area contributed by atoms with Crippen LogP contribution in [0.15, 0.2) is 12.3 Å². The van der Waals surface area contributed by atoms with Crippen molar-refractivity contribution in [1.29, 1.82) is 0 Å². The van der Waals surface area contributed by atoms with Crippen LogP contribution in [-0.2, 0) is 4.79 Å². The highest BCUT2D eigenvalue weighted by atomic mass is 79.9. The number of likely N-dealkylation sites (tertiary alicyclic amines) is 1. The van der Waals surface area contributed by atoms with E-state index in [4.69, 9.17) is 0 Å². The fourth-order valence-electron chi connectivity index (χ4n) is 2.04. The van der Waals surface area contributed by atoms with E-state index in [-0.39, 0.29) is 5.91 Å². The highest BCUT2D eigenvalue weighted by molar-refractivity contribution is 9.09. The fourth-order valence-corrected chi connectivity index (χ4v) is 2.39. The molecule has 82 valence electrons. The van der Waals surface area contributed by atoms with Crippen molar-refractivity contribution < 1.29 is 4.79 Å². The number of carbonyl (C=O) groups excluding carboxylic acids is 1. The van der Waals surface area contributed by atoms with Crippen LogP contribution in [-0.4, -0.2) is 39.4 Å². The first-order valence-electron chi connectivity index (χ1n) is 5.14. The van der Waals surface area contributed by atoms with E-state index >= 15 is 0 Å². The summed E-state index contributed by atoms with van der Waals surface area (Å²) in [5.74, 6) is 0.600. The van der Waals surface area contributed by atoms with Gasteiger partial charge in [0.15, 0.2) is 0 Å². The molecule has 0 radical (unpaired) electrons. The van der Waals surface area contributed by atoms with E-state index in [9.17, 15) is 4.79 Å². The summed E-state index contributed by atoms with van der Waals surface area (Å²) >= 11 is 3.21. The number of nitrogens with one attached hydrogen (secondary N) is 1. The van der Waals surface area contributed by atoms with Crippen molar-refractivity contribution in [1.82, 2.24) is 15.1 Å². The Morgan fingerprint density at radius 1 is 1.73 bits per heavy atom. The average molecular weight is 272 g/mol. The van der Waals surface area contributed by atoms with E-state index < -0.39 is 0 Å². The number of carbonyl (C=O) groups is 1. The minimum Gasteiger partial charge on any atom is -0.341 e. The van der Waals surface area contributed by atoms with Crippen molar-refractivity contribution in [3.8, 4) is 0 Å². The van der Waals surface area contributed by atoms with Crippen LogP contribution in [0.25, 0.3) is 0 Å². The normalized spacial score (nSPS) is 21.7. The standard InChI is InChI=1S/C10H14BrN3O/c11-6-10(15)14-5-1-2-8(7-14)9-3-4-12-13-9/h3-4,8H,1-2,5-7H2,(H,12,13). The maximum atomic E-state index is 11.5. The summed E-state index contributed by atoms with van der Waals surface area (Å²) < 4.78 is 0. The zero-order chi connectivity index (χ0) is 10.7. The minimum atomic E-state index is 0.180. The first-order chi connectivity index (χ1) is 7.31. The molecule has 2 rings (SSSR count). The zero-order valence-electron chi connectivity index (χ0n) is 8.45. The van der Waals surface area contributed by atoms with E-state index in [0.29, 0.717) is 11.2 Å². The van der Waals surface area contributed by atoms with Crippen LogP contribution in [0.4, 0.5) is 0 Å². The number of amides is 1. The minimum absolute atomic E-state index is 0.180. The highest BCUT2D eigenvalue weighted by Crippen LogP contribution is 2.25.